The predicted molar refractivity (Wildman–Crippen MR) is 130 cm³/mol. The summed E-state index contributed by atoms with van der Waals surface area (Å²) in [5, 5.41) is 3.46. The molecule has 1 aliphatic heterocycles. The van der Waals surface area contributed by atoms with Crippen molar-refractivity contribution in [2.24, 2.45) is 5.92 Å². The van der Waals surface area contributed by atoms with Crippen LogP contribution in [0.15, 0.2) is 54.6 Å². The normalized spacial score (nSPS) is 15.2. The van der Waals surface area contributed by atoms with Gasteiger partial charge in [-0.2, -0.15) is 0 Å². The van der Waals surface area contributed by atoms with E-state index in [1.165, 1.54) is 0 Å². The molecule has 2 aromatic carbocycles. The van der Waals surface area contributed by atoms with Gasteiger partial charge < -0.3 is 15.1 Å². The number of halogens is 1. The number of nitrogens with one attached hydrogen (secondary N) is 1. The lowest BCUT2D eigenvalue weighted by Gasteiger charge is -2.36. The molecule has 7 heteroatoms. The number of likely N-dealkylation sites (tertiary alicyclic amines) is 1. The highest BCUT2D eigenvalue weighted by atomic mass is 35.5. The molecule has 0 saturated carbocycles. The summed E-state index contributed by atoms with van der Waals surface area (Å²) in [6, 6.07) is 15.7. The number of benzene rings is 2. The van der Waals surface area contributed by atoms with E-state index in [2.05, 4.69) is 5.32 Å². The Bertz CT molecular complexity index is 955. The molecule has 3 amide bonds. The van der Waals surface area contributed by atoms with Crippen LogP contribution in [0, 0.1) is 5.92 Å². The highest BCUT2D eigenvalue weighted by Crippen LogP contribution is 2.21. The zero-order valence-electron chi connectivity index (χ0n) is 19.5. The van der Waals surface area contributed by atoms with E-state index in [-0.39, 0.29) is 29.7 Å². The van der Waals surface area contributed by atoms with E-state index < -0.39 is 6.04 Å². The van der Waals surface area contributed by atoms with Gasteiger partial charge in [-0.25, -0.2) is 0 Å². The number of carbonyl (C=O) groups is 3. The topological polar surface area (TPSA) is 69.7 Å². The molecule has 33 heavy (non-hydrogen) atoms. The first-order valence-corrected chi connectivity index (χ1v) is 11.8. The van der Waals surface area contributed by atoms with Crippen LogP contribution in [0.5, 0.6) is 0 Å². The summed E-state index contributed by atoms with van der Waals surface area (Å²) >= 11 is 5.93. The van der Waals surface area contributed by atoms with E-state index in [0.29, 0.717) is 42.9 Å². The number of amides is 3. The number of nitrogens with zero attached hydrogens (tertiary/aromatic N) is 2. The van der Waals surface area contributed by atoms with Crippen molar-refractivity contribution >= 4 is 29.3 Å². The summed E-state index contributed by atoms with van der Waals surface area (Å²) in [5.41, 5.74) is 1.42. The Labute approximate surface area is 200 Å². The van der Waals surface area contributed by atoms with Crippen molar-refractivity contribution in [3.63, 3.8) is 0 Å². The third-order valence-corrected chi connectivity index (χ3v) is 6.52. The third kappa shape index (κ3) is 6.57. The van der Waals surface area contributed by atoms with Crippen molar-refractivity contribution in [1.82, 2.24) is 15.1 Å². The molecule has 2 aromatic rings. The Balaban J connectivity index is 1.69. The van der Waals surface area contributed by atoms with Crippen molar-refractivity contribution < 1.29 is 14.4 Å². The summed E-state index contributed by atoms with van der Waals surface area (Å²) in [7, 11) is 1.83. The minimum absolute atomic E-state index is 0.0716. The van der Waals surface area contributed by atoms with Gasteiger partial charge in [0.15, 0.2) is 0 Å². The van der Waals surface area contributed by atoms with Crippen molar-refractivity contribution in [3.05, 3.63) is 70.7 Å². The Hall–Kier alpha value is -2.86. The fourth-order valence-corrected chi connectivity index (χ4v) is 4.13. The van der Waals surface area contributed by atoms with Crippen LogP contribution in [0.3, 0.4) is 0 Å². The molecule has 1 atom stereocenters. The maximum absolute atomic E-state index is 13.4. The molecule has 1 saturated heterocycles. The molecule has 0 aliphatic carbocycles. The summed E-state index contributed by atoms with van der Waals surface area (Å²) in [4.78, 5) is 42.5. The predicted octanol–water partition coefficient (Wildman–Crippen LogP) is 3.79. The maximum Gasteiger partial charge on any atom is 0.251 e. The van der Waals surface area contributed by atoms with Crippen LogP contribution in [-0.2, 0) is 16.0 Å². The van der Waals surface area contributed by atoms with Gasteiger partial charge in [0.1, 0.15) is 6.04 Å². The highest BCUT2D eigenvalue weighted by molar-refractivity contribution is 6.30. The van der Waals surface area contributed by atoms with Crippen molar-refractivity contribution in [2.75, 3.05) is 20.1 Å². The zero-order chi connectivity index (χ0) is 24.0. The number of carbonyl (C=O) groups excluding carboxylic acids is 3. The van der Waals surface area contributed by atoms with Gasteiger partial charge in [-0.05, 0) is 56.5 Å². The van der Waals surface area contributed by atoms with Crippen LogP contribution in [0.2, 0.25) is 5.02 Å². The van der Waals surface area contributed by atoms with E-state index in [4.69, 9.17) is 11.6 Å². The Morgan fingerprint density at radius 3 is 2.21 bits per heavy atom. The van der Waals surface area contributed by atoms with Gasteiger partial charge in [-0.15, -0.1) is 0 Å². The Morgan fingerprint density at radius 2 is 1.64 bits per heavy atom. The van der Waals surface area contributed by atoms with Crippen LogP contribution < -0.4 is 5.32 Å². The summed E-state index contributed by atoms with van der Waals surface area (Å²) in [6.07, 6.45) is 1.66. The van der Waals surface area contributed by atoms with Gasteiger partial charge in [0.25, 0.3) is 5.91 Å². The zero-order valence-corrected chi connectivity index (χ0v) is 20.2. The van der Waals surface area contributed by atoms with Gasteiger partial charge in [0.2, 0.25) is 11.8 Å². The monoisotopic (exact) mass is 469 g/mol. The molecule has 0 radical (unpaired) electrons. The molecule has 0 spiro atoms. The molecule has 1 fully saturated rings. The minimum Gasteiger partial charge on any atom is -0.343 e. The Morgan fingerprint density at radius 1 is 1.03 bits per heavy atom. The second-order valence-electron chi connectivity index (χ2n) is 8.87. The smallest absolute Gasteiger partial charge is 0.251 e. The van der Waals surface area contributed by atoms with Crippen molar-refractivity contribution in [3.8, 4) is 0 Å². The molecule has 0 bridgehead atoms. The first kappa shape index (κ1) is 24.8. The minimum atomic E-state index is -0.693. The van der Waals surface area contributed by atoms with E-state index >= 15 is 0 Å². The molecule has 3 rings (SSSR count). The number of rotatable bonds is 7. The number of piperidine rings is 1. The molecular formula is C26H32ClN3O3. The average molecular weight is 470 g/mol. The van der Waals surface area contributed by atoms with Gasteiger partial charge >= 0.3 is 0 Å². The second kappa shape index (κ2) is 11.3. The van der Waals surface area contributed by atoms with E-state index in [1.807, 2.05) is 51.2 Å². The molecule has 6 nitrogen and oxygen atoms in total. The summed E-state index contributed by atoms with van der Waals surface area (Å²) in [5.74, 6) is -0.375. The van der Waals surface area contributed by atoms with Gasteiger partial charge in [-0.1, -0.05) is 41.9 Å². The van der Waals surface area contributed by atoms with Crippen LogP contribution in [0.1, 0.15) is 42.6 Å². The molecular weight excluding hydrogens is 438 g/mol. The van der Waals surface area contributed by atoms with Crippen LogP contribution in [0.4, 0.5) is 0 Å². The van der Waals surface area contributed by atoms with E-state index in [0.717, 1.165) is 5.56 Å². The second-order valence-corrected chi connectivity index (χ2v) is 9.30. The average Bonchev–Trinajstić information content (AvgIpc) is 2.83. The number of hydrogen-bond donors (Lipinski definition) is 1. The first-order valence-electron chi connectivity index (χ1n) is 11.4. The fraction of sp³-hybridized carbons (Fsp3) is 0.423. The molecule has 0 aromatic heterocycles. The lowest BCUT2D eigenvalue weighted by atomic mass is 9.94. The van der Waals surface area contributed by atoms with Gasteiger partial charge in [0, 0.05) is 49.1 Å². The van der Waals surface area contributed by atoms with Crippen LogP contribution in [0.25, 0.3) is 0 Å². The largest absolute Gasteiger partial charge is 0.343 e. The lowest BCUT2D eigenvalue weighted by molar-refractivity contribution is -0.141. The van der Waals surface area contributed by atoms with Gasteiger partial charge in [0.05, 0.1) is 0 Å². The van der Waals surface area contributed by atoms with E-state index in [9.17, 15) is 14.4 Å². The van der Waals surface area contributed by atoms with Crippen molar-refractivity contribution in [2.45, 2.75) is 45.2 Å². The van der Waals surface area contributed by atoms with Crippen LogP contribution in [-0.4, -0.2) is 59.7 Å². The number of hydrogen-bond acceptors (Lipinski definition) is 3. The Kier molecular flexibility index (Phi) is 8.50. The molecule has 1 heterocycles. The quantitative estimate of drug-likeness (QED) is 0.670. The van der Waals surface area contributed by atoms with E-state index in [1.54, 1.807) is 34.1 Å². The molecule has 1 aliphatic rings. The third-order valence-electron chi connectivity index (χ3n) is 6.27. The molecule has 1 N–H and O–H groups in total. The lowest BCUT2D eigenvalue weighted by Crippen LogP contribution is -2.52. The maximum atomic E-state index is 13.4. The summed E-state index contributed by atoms with van der Waals surface area (Å²) in [6.45, 7) is 4.99. The molecule has 1 unspecified atom stereocenters. The van der Waals surface area contributed by atoms with Gasteiger partial charge in [-0.3, -0.25) is 14.4 Å². The van der Waals surface area contributed by atoms with Crippen LogP contribution >= 0.6 is 11.6 Å². The fourth-order valence-electron chi connectivity index (χ4n) is 4.00. The standard InChI is InChI=1S/C26H32ClN3O3/c1-18(2)29(3)25(32)21-13-15-30(16-14-21)26(33)23(17-19-7-5-4-6-8-19)28-24(31)20-9-11-22(27)12-10-20/h4-12,18,21,23H,13-17H2,1-3H3,(H,28,31). The summed E-state index contributed by atoms with van der Waals surface area (Å²) < 4.78 is 0. The SMILES string of the molecule is CC(C)N(C)C(=O)C1CCN(C(=O)C(Cc2ccccc2)NC(=O)c2ccc(Cl)cc2)CC1. The van der Waals surface area contributed by atoms with Crippen molar-refractivity contribution in [1.29, 1.82) is 0 Å². The molecule has 176 valence electrons. The first-order chi connectivity index (χ1) is 15.8. The highest BCUT2D eigenvalue weighted by Gasteiger charge is 2.33.